The summed E-state index contributed by atoms with van der Waals surface area (Å²) in [6.45, 7) is 18.3. The van der Waals surface area contributed by atoms with Gasteiger partial charge in [0.15, 0.2) is 0 Å². The van der Waals surface area contributed by atoms with Crippen molar-refractivity contribution < 1.29 is 32.6 Å². The van der Waals surface area contributed by atoms with Crippen molar-refractivity contribution in [2.24, 2.45) is 0 Å². The van der Waals surface area contributed by atoms with Crippen LogP contribution in [0.4, 0.5) is 0 Å². The smallest absolute Gasteiger partial charge is 0.338 e. The van der Waals surface area contributed by atoms with E-state index in [0.29, 0.717) is 35.8 Å². The van der Waals surface area contributed by atoms with Crippen LogP contribution < -0.4 is 9.47 Å². The minimum atomic E-state index is -3.35. The third-order valence-corrected chi connectivity index (χ3v) is 9.30. The van der Waals surface area contributed by atoms with E-state index in [0.717, 1.165) is 6.04 Å². The Labute approximate surface area is 217 Å². The van der Waals surface area contributed by atoms with Gasteiger partial charge in [0.05, 0.1) is 36.1 Å². The van der Waals surface area contributed by atoms with E-state index in [9.17, 15) is 9.36 Å². The SMILES string of the molecule is CC(C)Oc1cc(OC2=CCC(P(=O)(OC(C)C)OC(C)C)C=C2)cc(C(=O)OCC[Si](C)(C)C)c1. The van der Waals surface area contributed by atoms with Crippen molar-refractivity contribution in [3.63, 3.8) is 0 Å². The van der Waals surface area contributed by atoms with Crippen LogP contribution in [0, 0.1) is 0 Å². The first-order valence-corrected chi connectivity index (χ1v) is 18.0. The third kappa shape index (κ3) is 10.2. The topological polar surface area (TPSA) is 80.3 Å². The van der Waals surface area contributed by atoms with E-state index in [1.165, 1.54) is 0 Å². The van der Waals surface area contributed by atoms with Crippen LogP contribution in [-0.4, -0.2) is 44.6 Å². The van der Waals surface area contributed by atoms with E-state index < -0.39 is 27.3 Å². The lowest BCUT2D eigenvalue weighted by Gasteiger charge is -2.29. The number of rotatable bonds is 13. The molecule has 0 saturated heterocycles. The number of ether oxygens (including phenoxy) is 3. The van der Waals surface area contributed by atoms with Gasteiger partial charge < -0.3 is 23.3 Å². The fourth-order valence-corrected chi connectivity index (χ4v) is 6.34. The molecule has 36 heavy (non-hydrogen) atoms. The Morgan fingerprint density at radius 2 is 1.58 bits per heavy atom. The van der Waals surface area contributed by atoms with Gasteiger partial charge in [0.2, 0.25) is 0 Å². The van der Waals surface area contributed by atoms with Crippen molar-refractivity contribution in [2.45, 2.75) is 97.6 Å². The lowest BCUT2D eigenvalue weighted by atomic mass is 10.1. The second kappa shape index (κ2) is 13.1. The standard InChI is InChI=1S/C27H43O7PSi/c1-19(2)31-24-16-22(27(28)30-14-15-36(7,8)9)17-25(18-24)32-23-10-12-26(13-11-23)35(29,33-20(3)4)34-21(5)6/h10-12,16-21,26H,13-15H2,1-9H3. The van der Waals surface area contributed by atoms with Crippen molar-refractivity contribution in [3.8, 4) is 11.5 Å². The lowest BCUT2D eigenvalue weighted by Crippen LogP contribution is -2.22. The Kier molecular flexibility index (Phi) is 11.0. The first kappa shape index (κ1) is 30.4. The summed E-state index contributed by atoms with van der Waals surface area (Å²) in [4.78, 5) is 12.7. The molecule has 9 heteroatoms. The molecule has 2 rings (SSSR count). The third-order valence-electron chi connectivity index (χ3n) is 4.97. The maximum absolute atomic E-state index is 13.4. The van der Waals surface area contributed by atoms with Crippen molar-refractivity contribution in [1.29, 1.82) is 0 Å². The largest absolute Gasteiger partial charge is 0.491 e. The normalized spacial score (nSPS) is 16.4. The van der Waals surface area contributed by atoms with Crippen LogP contribution in [0.1, 0.15) is 58.3 Å². The number of allylic oxidation sites excluding steroid dienone is 3. The van der Waals surface area contributed by atoms with E-state index in [4.69, 9.17) is 23.3 Å². The van der Waals surface area contributed by atoms with Gasteiger partial charge in [-0.1, -0.05) is 25.7 Å². The second-order valence-electron chi connectivity index (χ2n) is 11.0. The average molecular weight is 539 g/mol. The highest BCUT2D eigenvalue weighted by molar-refractivity contribution is 7.54. The van der Waals surface area contributed by atoms with Gasteiger partial charge in [-0.25, -0.2) is 4.79 Å². The Hall–Kier alpha value is -1.86. The zero-order valence-corrected chi connectivity index (χ0v) is 25.1. The lowest BCUT2D eigenvalue weighted by molar-refractivity contribution is 0.0524. The Bertz CT molecular complexity index is 978. The molecule has 0 heterocycles. The molecule has 0 amide bonds. The van der Waals surface area contributed by atoms with E-state index >= 15 is 0 Å². The number of esters is 1. The summed E-state index contributed by atoms with van der Waals surface area (Å²) in [5.41, 5.74) is -0.0284. The van der Waals surface area contributed by atoms with Crippen LogP contribution in [-0.2, 0) is 18.3 Å². The molecule has 1 unspecified atom stereocenters. The van der Waals surface area contributed by atoms with Gasteiger partial charge in [0, 0.05) is 14.1 Å². The molecule has 1 aromatic carbocycles. The molecule has 1 aromatic rings. The highest BCUT2D eigenvalue weighted by atomic mass is 31.2. The molecule has 7 nitrogen and oxygen atoms in total. The van der Waals surface area contributed by atoms with Crippen molar-refractivity contribution in [2.75, 3.05) is 6.61 Å². The van der Waals surface area contributed by atoms with Crippen LogP contribution in [0.5, 0.6) is 11.5 Å². The molecule has 0 radical (unpaired) electrons. The van der Waals surface area contributed by atoms with E-state index in [1.807, 2.05) is 47.6 Å². The molecule has 0 aliphatic heterocycles. The highest BCUT2D eigenvalue weighted by Crippen LogP contribution is 2.57. The number of carbonyl (C=O) groups excluding carboxylic acids is 1. The van der Waals surface area contributed by atoms with Gasteiger partial charge >= 0.3 is 13.6 Å². The Morgan fingerprint density at radius 3 is 2.08 bits per heavy atom. The van der Waals surface area contributed by atoms with Gasteiger partial charge in [0.1, 0.15) is 17.3 Å². The maximum Gasteiger partial charge on any atom is 0.338 e. The molecule has 1 atom stereocenters. The highest BCUT2D eigenvalue weighted by Gasteiger charge is 2.37. The van der Waals surface area contributed by atoms with Crippen LogP contribution in [0.15, 0.2) is 42.2 Å². The summed E-state index contributed by atoms with van der Waals surface area (Å²) in [5, 5.41) is 0. The van der Waals surface area contributed by atoms with Gasteiger partial charge in [0.25, 0.3) is 0 Å². The number of carbonyl (C=O) groups is 1. The maximum atomic E-state index is 13.4. The van der Waals surface area contributed by atoms with Crippen LogP contribution in [0.2, 0.25) is 25.7 Å². The Morgan fingerprint density at radius 1 is 0.972 bits per heavy atom. The molecule has 0 bridgehead atoms. The first-order chi connectivity index (χ1) is 16.7. The quantitative estimate of drug-likeness (QED) is 0.145. The predicted octanol–water partition coefficient (Wildman–Crippen LogP) is 7.60. The molecule has 0 fully saturated rings. The Balaban J connectivity index is 2.18. The predicted molar refractivity (Wildman–Crippen MR) is 147 cm³/mol. The van der Waals surface area contributed by atoms with Gasteiger partial charge in [-0.2, -0.15) is 0 Å². The van der Waals surface area contributed by atoms with E-state index in [-0.39, 0.29) is 18.3 Å². The number of hydrogen-bond donors (Lipinski definition) is 0. The van der Waals surface area contributed by atoms with E-state index in [1.54, 1.807) is 30.4 Å². The van der Waals surface area contributed by atoms with Crippen LogP contribution in [0.3, 0.4) is 0 Å². The minimum absolute atomic E-state index is 0.0679. The molecule has 202 valence electrons. The number of hydrogen-bond acceptors (Lipinski definition) is 7. The summed E-state index contributed by atoms with van der Waals surface area (Å²) in [6.07, 6.45) is 5.34. The average Bonchev–Trinajstić information content (AvgIpc) is 2.71. The fourth-order valence-electron chi connectivity index (χ4n) is 3.43. The molecule has 1 aliphatic carbocycles. The molecule has 0 saturated carbocycles. The molecule has 0 aromatic heterocycles. The zero-order valence-electron chi connectivity index (χ0n) is 23.2. The molecule has 0 spiro atoms. The summed E-state index contributed by atoms with van der Waals surface area (Å²) in [5.74, 6) is 1.16. The minimum Gasteiger partial charge on any atom is -0.491 e. The van der Waals surface area contributed by atoms with E-state index in [2.05, 4.69) is 19.6 Å². The van der Waals surface area contributed by atoms with Gasteiger partial charge in [-0.3, -0.25) is 4.57 Å². The summed E-state index contributed by atoms with van der Waals surface area (Å²) < 4.78 is 42.3. The molecular weight excluding hydrogens is 495 g/mol. The van der Waals surface area contributed by atoms with Crippen LogP contribution in [0.25, 0.3) is 0 Å². The van der Waals surface area contributed by atoms with Crippen molar-refractivity contribution in [1.82, 2.24) is 0 Å². The summed E-state index contributed by atoms with van der Waals surface area (Å²) in [6, 6.07) is 5.97. The fraction of sp³-hybridized carbons (Fsp3) is 0.593. The van der Waals surface area contributed by atoms with Crippen LogP contribution >= 0.6 is 7.60 Å². The van der Waals surface area contributed by atoms with Gasteiger partial charge in [-0.15, -0.1) is 0 Å². The van der Waals surface area contributed by atoms with Crippen molar-refractivity contribution >= 4 is 21.6 Å². The summed E-state index contributed by atoms with van der Waals surface area (Å²) in [7, 11) is -4.66. The summed E-state index contributed by atoms with van der Waals surface area (Å²) >= 11 is 0. The monoisotopic (exact) mass is 538 g/mol. The molecule has 0 N–H and O–H groups in total. The molecule has 1 aliphatic rings. The zero-order chi connectivity index (χ0) is 27.1. The number of benzene rings is 1. The second-order valence-corrected chi connectivity index (χ2v) is 18.8. The van der Waals surface area contributed by atoms with Crippen molar-refractivity contribution in [3.05, 3.63) is 47.7 Å². The molecular formula is C27H43O7PSi. The van der Waals surface area contributed by atoms with Gasteiger partial charge in [-0.05, 0) is 78.3 Å². The first-order valence-electron chi connectivity index (χ1n) is 12.7.